The third kappa shape index (κ3) is 12.4. The summed E-state index contributed by atoms with van der Waals surface area (Å²) in [5.74, 6) is -0.199. The van der Waals surface area contributed by atoms with Crippen molar-refractivity contribution in [1.82, 2.24) is 5.32 Å². The van der Waals surface area contributed by atoms with E-state index in [1.807, 2.05) is 0 Å². The second-order valence-corrected chi connectivity index (χ2v) is 7.59. The fourth-order valence-electron chi connectivity index (χ4n) is 3.36. The first-order chi connectivity index (χ1) is 12.7. The van der Waals surface area contributed by atoms with E-state index in [0.29, 0.717) is 0 Å². The van der Waals surface area contributed by atoms with Crippen LogP contribution in [-0.4, -0.2) is 13.1 Å². The summed E-state index contributed by atoms with van der Waals surface area (Å²) in [6.45, 7) is 4.41. The molecule has 0 amide bonds. The van der Waals surface area contributed by atoms with Crippen LogP contribution in [0.5, 0.6) is 0 Å². The minimum Gasteiger partial charge on any atom is -0.324 e. The average Bonchev–Trinajstić information content (AvgIpc) is 2.65. The first-order valence-corrected chi connectivity index (χ1v) is 11.0. The number of rotatable bonds is 17. The molecule has 1 atom stereocenters. The first kappa shape index (κ1) is 23.1. The molecule has 0 aliphatic rings. The number of halogens is 1. The van der Waals surface area contributed by atoms with Crippen molar-refractivity contribution in [2.24, 2.45) is 5.73 Å². The number of nitrogens with one attached hydrogen (secondary N) is 1. The molecule has 0 aromatic heterocycles. The minimum absolute atomic E-state index is 0.0133. The largest absolute Gasteiger partial charge is 0.324 e. The van der Waals surface area contributed by atoms with Crippen LogP contribution in [0.2, 0.25) is 0 Å². The predicted octanol–water partition coefficient (Wildman–Crippen LogP) is 6.51. The van der Waals surface area contributed by atoms with Gasteiger partial charge in [-0.2, -0.15) is 0 Å². The molecular weight excluding hydrogens is 323 g/mol. The molecule has 0 fully saturated rings. The molecule has 1 unspecified atom stereocenters. The van der Waals surface area contributed by atoms with Crippen molar-refractivity contribution in [3.8, 4) is 0 Å². The summed E-state index contributed by atoms with van der Waals surface area (Å²) in [6.07, 6.45) is 17.3. The van der Waals surface area contributed by atoms with Gasteiger partial charge in [-0.05, 0) is 50.0 Å². The lowest BCUT2D eigenvalue weighted by molar-refractivity contribution is 0.526. The zero-order valence-corrected chi connectivity index (χ0v) is 16.9. The lowest BCUT2D eigenvalue weighted by atomic mass is 10.0. The van der Waals surface area contributed by atoms with Gasteiger partial charge >= 0.3 is 0 Å². The van der Waals surface area contributed by atoms with Crippen molar-refractivity contribution in [3.63, 3.8) is 0 Å². The number of hydrogen-bond acceptors (Lipinski definition) is 2. The Hall–Kier alpha value is -0.930. The Balaban J connectivity index is 1.81. The van der Waals surface area contributed by atoms with Gasteiger partial charge in [0.15, 0.2) is 0 Å². The monoisotopic (exact) mass is 364 g/mol. The van der Waals surface area contributed by atoms with Crippen molar-refractivity contribution in [2.45, 2.75) is 96.4 Å². The number of unbranched alkanes of at least 4 members (excludes halogenated alkanes) is 10. The molecule has 1 rings (SSSR count). The van der Waals surface area contributed by atoms with Crippen LogP contribution in [0.4, 0.5) is 4.39 Å². The van der Waals surface area contributed by atoms with E-state index >= 15 is 0 Å². The predicted molar refractivity (Wildman–Crippen MR) is 112 cm³/mol. The molecule has 2 nitrogen and oxygen atoms in total. The molecule has 0 saturated heterocycles. The Morgan fingerprint density at radius 2 is 1.27 bits per heavy atom. The molecule has 1 aromatic rings. The molecular formula is C23H41FN2. The van der Waals surface area contributed by atoms with Crippen LogP contribution in [0.1, 0.15) is 102 Å². The first-order valence-electron chi connectivity index (χ1n) is 11.0. The molecule has 3 N–H and O–H groups in total. The maximum Gasteiger partial charge on any atom is 0.123 e. The number of benzene rings is 1. The number of nitrogens with two attached hydrogens (primary N) is 1. The van der Waals surface area contributed by atoms with Gasteiger partial charge in [0.25, 0.3) is 0 Å². The van der Waals surface area contributed by atoms with E-state index in [-0.39, 0.29) is 11.9 Å². The Kier molecular flexibility index (Phi) is 14.5. The maximum atomic E-state index is 12.9. The third-order valence-electron chi connectivity index (χ3n) is 5.12. The van der Waals surface area contributed by atoms with Crippen LogP contribution in [0.15, 0.2) is 24.3 Å². The highest BCUT2D eigenvalue weighted by molar-refractivity contribution is 5.19. The van der Waals surface area contributed by atoms with Crippen LogP contribution < -0.4 is 11.1 Å². The molecule has 0 saturated carbocycles. The normalized spacial score (nSPS) is 12.4. The van der Waals surface area contributed by atoms with E-state index in [4.69, 9.17) is 5.73 Å². The van der Waals surface area contributed by atoms with Gasteiger partial charge in [0.2, 0.25) is 0 Å². The van der Waals surface area contributed by atoms with Crippen LogP contribution in [0.25, 0.3) is 0 Å². The van der Waals surface area contributed by atoms with E-state index < -0.39 is 0 Å². The highest BCUT2D eigenvalue weighted by Gasteiger charge is 2.05. The molecule has 0 heterocycles. The molecule has 0 radical (unpaired) electrons. The summed E-state index contributed by atoms with van der Waals surface area (Å²) < 4.78 is 12.9. The topological polar surface area (TPSA) is 38.0 Å². The van der Waals surface area contributed by atoms with Gasteiger partial charge in [-0.25, -0.2) is 4.39 Å². The van der Waals surface area contributed by atoms with Gasteiger partial charge in [-0.15, -0.1) is 0 Å². The van der Waals surface area contributed by atoms with Crippen molar-refractivity contribution in [2.75, 3.05) is 13.1 Å². The third-order valence-corrected chi connectivity index (χ3v) is 5.12. The van der Waals surface area contributed by atoms with Gasteiger partial charge < -0.3 is 11.1 Å². The van der Waals surface area contributed by atoms with Gasteiger partial charge in [-0.1, -0.05) is 83.3 Å². The SMILES string of the molecule is CCCCCCCCCCCCCNCCCC(N)c1ccc(F)cc1. The van der Waals surface area contributed by atoms with E-state index in [2.05, 4.69) is 12.2 Å². The Bertz CT molecular complexity index is 419. The molecule has 26 heavy (non-hydrogen) atoms. The Labute approximate surface area is 161 Å². The summed E-state index contributed by atoms with van der Waals surface area (Å²) in [7, 11) is 0. The fraction of sp³-hybridized carbons (Fsp3) is 0.739. The van der Waals surface area contributed by atoms with E-state index in [1.165, 1.54) is 82.8 Å². The Morgan fingerprint density at radius 1 is 0.769 bits per heavy atom. The quantitative estimate of drug-likeness (QED) is 0.309. The summed E-state index contributed by atoms with van der Waals surface area (Å²) in [4.78, 5) is 0. The summed E-state index contributed by atoms with van der Waals surface area (Å²) in [6, 6.07) is 6.57. The van der Waals surface area contributed by atoms with Crippen molar-refractivity contribution >= 4 is 0 Å². The maximum absolute atomic E-state index is 12.9. The minimum atomic E-state index is -0.199. The number of hydrogen-bond donors (Lipinski definition) is 2. The standard InChI is InChI=1S/C23H41FN2/c1-2-3-4-5-6-7-8-9-10-11-12-19-26-20-13-14-23(25)21-15-17-22(24)18-16-21/h15-18,23,26H,2-14,19-20,25H2,1H3. The highest BCUT2D eigenvalue weighted by Crippen LogP contribution is 2.16. The average molecular weight is 365 g/mol. The molecule has 0 aliphatic heterocycles. The highest BCUT2D eigenvalue weighted by atomic mass is 19.1. The molecule has 3 heteroatoms. The lowest BCUT2D eigenvalue weighted by Gasteiger charge is -2.12. The zero-order valence-electron chi connectivity index (χ0n) is 16.9. The van der Waals surface area contributed by atoms with Crippen molar-refractivity contribution in [1.29, 1.82) is 0 Å². The van der Waals surface area contributed by atoms with Crippen LogP contribution in [0.3, 0.4) is 0 Å². The van der Waals surface area contributed by atoms with Crippen LogP contribution in [-0.2, 0) is 0 Å². The van der Waals surface area contributed by atoms with Gasteiger partial charge in [0.1, 0.15) is 5.82 Å². The second-order valence-electron chi connectivity index (χ2n) is 7.59. The fourth-order valence-corrected chi connectivity index (χ4v) is 3.36. The van der Waals surface area contributed by atoms with E-state index in [1.54, 1.807) is 12.1 Å². The van der Waals surface area contributed by atoms with E-state index in [9.17, 15) is 4.39 Å². The molecule has 0 spiro atoms. The summed E-state index contributed by atoms with van der Waals surface area (Å²) >= 11 is 0. The molecule has 0 bridgehead atoms. The molecule has 0 aliphatic carbocycles. The van der Waals surface area contributed by atoms with Crippen LogP contribution >= 0.6 is 0 Å². The van der Waals surface area contributed by atoms with Crippen LogP contribution in [0, 0.1) is 5.82 Å². The molecule has 150 valence electrons. The van der Waals surface area contributed by atoms with Gasteiger partial charge in [-0.3, -0.25) is 0 Å². The van der Waals surface area contributed by atoms with Crippen molar-refractivity contribution < 1.29 is 4.39 Å². The van der Waals surface area contributed by atoms with Gasteiger partial charge in [0.05, 0.1) is 0 Å². The Morgan fingerprint density at radius 3 is 1.85 bits per heavy atom. The van der Waals surface area contributed by atoms with Gasteiger partial charge in [0, 0.05) is 6.04 Å². The van der Waals surface area contributed by atoms with Crippen molar-refractivity contribution in [3.05, 3.63) is 35.6 Å². The smallest absolute Gasteiger partial charge is 0.123 e. The van der Waals surface area contributed by atoms with E-state index in [0.717, 1.165) is 31.5 Å². The summed E-state index contributed by atoms with van der Waals surface area (Å²) in [5, 5.41) is 3.52. The summed E-state index contributed by atoms with van der Waals surface area (Å²) in [5.41, 5.74) is 7.17. The second kappa shape index (κ2) is 16.3. The zero-order chi connectivity index (χ0) is 18.9. The molecule has 1 aromatic carbocycles. The lowest BCUT2D eigenvalue weighted by Crippen LogP contribution is -2.19.